The number of nitrogens with zero attached hydrogens (tertiary/aromatic N) is 1. The summed E-state index contributed by atoms with van der Waals surface area (Å²) in [6.45, 7) is 17.6. The maximum Gasteiger partial charge on any atom is 0.309 e. The van der Waals surface area contributed by atoms with Crippen molar-refractivity contribution in [2.45, 2.75) is 53.5 Å². The Morgan fingerprint density at radius 3 is 1.39 bits per heavy atom. The summed E-state index contributed by atoms with van der Waals surface area (Å²) in [6, 6.07) is 0. The van der Waals surface area contributed by atoms with Gasteiger partial charge < -0.3 is 19.5 Å². The summed E-state index contributed by atoms with van der Waals surface area (Å²) >= 11 is 0. The quantitative estimate of drug-likeness (QED) is 0.588. The van der Waals surface area contributed by atoms with Crippen LogP contribution in [0.15, 0.2) is 0 Å². The molecule has 5 heteroatoms. The van der Waals surface area contributed by atoms with Crippen molar-refractivity contribution in [3.05, 3.63) is 0 Å². The Morgan fingerprint density at radius 1 is 1.06 bits per heavy atom. The number of carboxylic acid groups (broad SMARTS) is 2. The predicted octanol–water partition coefficient (Wildman–Crippen LogP) is 0.872. The van der Waals surface area contributed by atoms with Gasteiger partial charge in [0.15, 0.2) is 0 Å². The summed E-state index contributed by atoms with van der Waals surface area (Å²) in [7, 11) is 0. The highest BCUT2D eigenvalue weighted by Gasteiger charge is 2.35. The van der Waals surface area contributed by atoms with E-state index in [1.165, 1.54) is 24.1 Å². The summed E-state index contributed by atoms with van der Waals surface area (Å²) < 4.78 is 1.23. The molecule has 108 valence electrons. The largest absolute Gasteiger partial charge is 0.550 e. The molecule has 0 unspecified atom stereocenters. The lowest BCUT2D eigenvalue weighted by Crippen LogP contribution is -2.59. The van der Waals surface area contributed by atoms with E-state index in [2.05, 4.69) is 41.5 Å². The highest BCUT2D eigenvalue weighted by molar-refractivity contribution is 5.87. The van der Waals surface area contributed by atoms with Gasteiger partial charge in [-0.05, 0) is 41.5 Å². The van der Waals surface area contributed by atoms with E-state index < -0.39 is 18.4 Å². The lowest BCUT2D eigenvalue weighted by atomic mass is 10.0. The summed E-state index contributed by atoms with van der Waals surface area (Å²) in [6.07, 6.45) is -0.917. The van der Waals surface area contributed by atoms with Crippen LogP contribution >= 0.6 is 0 Å². The zero-order chi connectivity index (χ0) is 15.0. The van der Waals surface area contributed by atoms with E-state index in [1.807, 2.05) is 0 Å². The van der Waals surface area contributed by atoms with Crippen LogP contribution in [-0.4, -0.2) is 46.7 Å². The second kappa shape index (κ2) is 8.08. The third-order valence-electron chi connectivity index (χ3n) is 3.53. The Balaban J connectivity index is 0. The molecule has 18 heavy (non-hydrogen) atoms. The van der Waals surface area contributed by atoms with Gasteiger partial charge in [-0.15, -0.1) is 0 Å². The summed E-state index contributed by atoms with van der Waals surface area (Å²) in [4.78, 5) is 18.7. The van der Waals surface area contributed by atoms with Gasteiger partial charge in [0, 0.05) is 0 Å². The van der Waals surface area contributed by atoms with E-state index in [0.29, 0.717) is 5.54 Å². The number of quaternary nitrogens is 1. The normalized spacial score (nSPS) is 11.4. The maximum atomic E-state index is 9.39. The first-order valence-electron chi connectivity index (χ1n) is 6.34. The minimum Gasteiger partial charge on any atom is -0.550 e. The van der Waals surface area contributed by atoms with Crippen molar-refractivity contribution in [1.29, 1.82) is 0 Å². The molecular formula is C13H27NO4. The molecule has 0 aliphatic carbocycles. The molecule has 0 heterocycles. The number of carbonyl (C=O) groups is 2. The topological polar surface area (TPSA) is 77.4 Å². The molecule has 1 N–H and O–H groups in total. The van der Waals surface area contributed by atoms with E-state index in [0.717, 1.165) is 0 Å². The third kappa shape index (κ3) is 6.59. The van der Waals surface area contributed by atoms with E-state index in [4.69, 9.17) is 5.11 Å². The predicted molar refractivity (Wildman–Crippen MR) is 68.9 cm³/mol. The van der Waals surface area contributed by atoms with Crippen molar-refractivity contribution in [2.24, 2.45) is 0 Å². The molecule has 5 nitrogen and oxygen atoms in total. The standard InChI is InChI=1S/C10H24N.C3H4O4/c1-7-11(8-2,9-3)10(4,5)6;4-2(5)1-3(6)7/h7-9H2,1-6H3;1H2,(H,4,5)(H,6,7)/q+1;/p-1. The Bertz CT molecular complexity index is 244. The van der Waals surface area contributed by atoms with Crippen molar-refractivity contribution in [3.63, 3.8) is 0 Å². The van der Waals surface area contributed by atoms with Gasteiger partial charge >= 0.3 is 5.97 Å². The molecule has 0 aromatic heterocycles. The Labute approximate surface area is 110 Å². The number of aliphatic carboxylic acids is 2. The molecule has 0 rings (SSSR count). The minimum absolute atomic E-state index is 0.401. The van der Waals surface area contributed by atoms with E-state index in [-0.39, 0.29) is 0 Å². The van der Waals surface area contributed by atoms with Crippen LogP contribution in [0.1, 0.15) is 48.0 Å². The third-order valence-corrected chi connectivity index (χ3v) is 3.53. The monoisotopic (exact) mass is 261 g/mol. The maximum absolute atomic E-state index is 9.39. The Hall–Kier alpha value is -1.10. The second-order valence-corrected chi connectivity index (χ2v) is 5.21. The van der Waals surface area contributed by atoms with Crippen LogP contribution in [0.3, 0.4) is 0 Å². The van der Waals surface area contributed by atoms with Gasteiger partial charge in [0.2, 0.25) is 0 Å². The van der Waals surface area contributed by atoms with E-state index in [1.54, 1.807) is 0 Å². The molecule has 0 fully saturated rings. The molecule has 0 saturated heterocycles. The number of hydrogen-bond donors (Lipinski definition) is 1. The zero-order valence-electron chi connectivity index (χ0n) is 12.4. The minimum atomic E-state index is -1.56. The smallest absolute Gasteiger partial charge is 0.309 e. The van der Waals surface area contributed by atoms with Crippen LogP contribution in [0.2, 0.25) is 0 Å². The van der Waals surface area contributed by atoms with Crippen LogP contribution in [0.25, 0.3) is 0 Å². The summed E-state index contributed by atoms with van der Waals surface area (Å²) in [5.41, 5.74) is 0.401. The molecule has 0 saturated carbocycles. The van der Waals surface area contributed by atoms with Gasteiger partial charge in [0.05, 0.1) is 37.6 Å². The van der Waals surface area contributed by atoms with Crippen molar-refractivity contribution in [2.75, 3.05) is 19.6 Å². The second-order valence-electron chi connectivity index (χ2n) is 5.21. The number of hydrogen-bond acceptors (Lipinski definition) is 3. The Morgan fingerprint density at radius 2 is 1.39 bits per heavy atom. The molecule has 0 aromatic rings. The average molecular weight is 261 g/mol. The first-order chi connectivity index (χ1) is 8.06. The van der Waals surface area contributed by atoms with Crippen LogP contribution < -0.4 is 5.11 Å². The van der Waals surface area contributed by atoms with Crippen molar-refractivity contribution >= 4 is 11.9 Å². The van der Waals surface area contributed by atoms with Gasteiger partial charge in [-0.2, -0.15) is 0 Å². The zero-order valence-corrected chi connectivity index (χ0v) is 12.4. The van der Waals surface area contributed by atoms with Crippen molar-refractivity contribution in [3.8, 4) is 0 Å². The molecular weight excluding hydrogens is 234 g/mol. The average Bonchev–Trinajstić information content (AvgIpc) is 2.17. The highest BCUT2D eigenvalue weighted by atomic mass is 16.4. The van der Waals surface area contributed by atoms with Gasteiger partial charge in [0.1, 0.15) is 0 Å². The summed E-state index contributed by atoms with van der Waals surface area (Å²) in [5.74, 6) is -2.94. The van der Waals surface area contributed by atoms with Crippen LogP contribution in [0.4, 0.5) is 0 Å². The lowest BCUT2D eigenvalue weighted by Gasteiger charge is -2.47. The SMILES string of the molecule is CC[N+](CC)(CC)C(C)(C)C.O=C([O-])CC(=O)O. The van der Waals surface area contributed by atoms with Crippen LogP contribution in [0.5, 0.6) is 0 Å². The highest BCUT2D eigenvalue weighted by Crippen LogP contribution is 2.23. The van der Waals surface area contributed by atoms with Gasteiger partial charge in [-0.3, -0.25) is 4.79 Å². The van der Waals surface area contributed by atoms with E-state index in [9.17, 15) is 14.7 Å². The number of rotatable bonds is 5. The molecule has 0 spiro atoms. The number of carboxylic acids is 2. The van der Waals surface area contributed by atoms with Crippen molar-refractivity contribution < 1.29 is 24.3 Å². The fourth-order valence-electron chi connectivity index (χ4n) is 2.22. The number of carbonyl (C=O) groups excluding carboxylic acids is 1. The molecule has 0 radical (unpaired) electrons. The van der Waals surface area contributed by atoms with Crippen LogP contribution in [0, 0.1) is 0 Å². The van der Waals surface area contributed by atoms with E-state index >= 15 is 0 Å². The Kier molecular flexibility index (Phi) is 8.64. The lowest BCUT2D eigenvalue weighted by molar-refractivity contribution is -0.966. The molecule has 0 bridgehead atoms. The molecule has 0 amide bonds. The van der Waals surface area contributed by atoms with Gasteiger partial charge in [-0.1, -0.05) is 0 Å². The first-order valence-corrected chi connectivity index (χ1v) is 6.34. The molecule has 0 atom stereocenters. The fourth-order valence-corrected chi connectivity index (χ4v) is 2.22. The van der Waals surface area contributed by atoms with Gasteiger partial charge in [-0.25, -0.2) is 0 Å². The summed E-state index contributed by atoms with van der Waals surface area (Å²) in [5, 5.41) is 17.0. The fraction of sp³-hybridized carbons (Fsp3) is 0.846. The first kappa shape index (κ1) is 19.2. The molecule has 0 aromatic carbocycles. The van der Waals surface area contributed by atoms with Crippen LogP contribution in [-0.2, 0) is 9.59 Å². The molecule has 0 aliphatic heterocycles. The molecule has 0 aliphatic rings. The van der Waals surface area contributed by atoms with Gasteiger partial charge in [0.25, 0.3) is 0 Å². The van der Waals surface area contributed by atoms with Crippen molar-refractivity contribution in [1.82, 2.24) is 0 Å².